The molecule has 2 aromatic rings. The van der Waals surface area contributed by atoms with Crippen molar-refractivity contribution in [3.05, 3.63) is 46.7 Å². The van der Waals surface area contributed by atoms with Gasteiger partial charge in [-0.15, -0.1) is 0 Å². The second kappa shape index (κ2) is 7.20. The normalized spacial score (nSPS) is 14.0. The number of ether oxygens (including phenoxy) is 1. The molecule has 0 aliphatic carbocycles. The monoisotopic (exact) mass is 331 g/mol. The molecule has 122 valence electrons. The molecule has 0 amide bonds. The Morgan fingerprint density at radius 1 is 1.26 bits per heavy atom. The van der Waals surface area contributed by atoms with Crippen LogP contribution in [0.3, 0.4) is 0 Å². The van der Waals surface area contributed by atoms with Crippen LogP contribution in [0.25, 0.3) is 0 Å². The van der Waals surface area contributed by atoms with Crippen LogP contribution in [0.1, 0.15) is 18.1 Å². The topological polar surface area (TPSA) is 37.4 Å². The molecule has 1 aliphatic rings. The summed E-state index contributed by atoms with van der Waals surface area (Å²) < 4.78 is 5.75. The minimum absolute atomic E-state index is 0.620. The van der Waals surface area contributed by atoms with Crippen molar-refractivity contribution < 1.29 is 4.74 Å². The Labute approximate surface area is 142 Å². The molecular formula is C18H22ClN3O. The number of nitrogens with zero attached hydrogens (tertiary/aromatic N) is 2. The molecule has 0 spiro atoms. The van der Waals surface area contributed by atoms with Crippen molar-refractivity contribution in [2.75, 3.05) is 31.6 Å². The average Bonchev–Trinajstić information content (AvgIpc) is 2.80. The van der Waals surface area contributed by atoms with Gasteiger partial charge in [0, 0.05) is 19.3 Å². The summed E-state index contributed by atoms with van der Waals surface area (Å²) >= 11 is 6.57. The Hall–Kier alpha value is -1.78. The number of nitrogens with one attached hydrogen (secondary N) is 1. The van der Waals surface area contributed by atoms with E-state index in [-0.39, 0.29) is 0 Å². The fourth-order valence-corrected chi connectivity index (χ4v) is 3.41. The summed E-state index contributed by atoms with van der Waals surface area (Å²) in [5.41, 5.74) is 4.67. The van der Waals surface area contributed by atoms with Gasteiger partial charge in [0.25, 0.3) is 0 Å². The maximum absolute atomic E-state index is 6.57. The number of pyridine rings is 1. The van der Waals surface area contributed by atoms with Gasteiger partial charge in [-0.2, -0.15) is 0 Å². The summed E-state index contributed by atoms with van der Waals surface area (Å²) in [5.74, 6) is 0.824. The maximum atomic E-state index is 6.57. The van der Waals surface area contributed by atoms with E-state index in [0.717, 1.165) is 48.1 Å². The van der Waals surface area contributed by atoms with E-state index in [2.05, 4.69) is 21.3 Å². The molecule has 0 saturated heterocycles. The Kier molecular flexibility index (Phi) is 5.03. The van der Waals surface area contributed by atoms with E-state index in [4.69, 9.17) is 16.3 Å². The third-order valence-electron chi connectivity index (χ3n) is 4.21. The van der Waals surface area contributed by atoms with Crippen molar-refractivity contribution in [1.29, 1.82) is 0 Å². The number of halogens is 1. The largest absolute Gasteiger partial charge is 0.492 e. The second-order valence-electron chi connectivity index (χ2n) is 5.62. The first-order valence-corrected chi connectivity index (χ1v) is 8.41. The van der Waals surface area contributed by atoms with Gasteiger partial charge >= 0.3 is 0 Å². The molecule has 23 heavy (non-hydrogen) atoms. The molecule has 0 saturated carbocycles. The van der Waals surface area contributed by atoms with Crippen molar-refractivity contribution in [2.45, 2.75) is 19.8 Å². The lowest BCUT2D eigenvalue weighted by Gasteiger charge is -2.26. The zero-order valence-corrected chi connectivity index (χ0v) is 14.4. The van der Waals surface area contributed by atoms with Gasteiger partial charge in [0.2, 0.25) is 0 Å². The summed E-state index contributed by atoms with van der Waals surface area (Å²) in [6.07, 6.45) is 5.58. The first kappa shape index (κ1) is 16.1. The van der Waals surface area contributed by atoms with E-state index in [9.17, 15) is 0 Å². The van der Waals surface area contributed by atoms with E-state index in [1.165, 1.54) is 11.1 Å². The minimum atomic E-state index is 0.620. The van der Waals surface area contributed by atoms with E-state index < -0.39 is 0 Å². The number of anilines is 2. The Balaban J connectivity index is 2.08. The maximum Gasteiger partial charge on any atom is 0.146 e. The Bertz CT molecular complexity index is 690. The molecule has 1 aromatic carbocycles. The number of fused-ring (bicyclic) bond motifs is 1. The molecule has 5 heteroatoms. The van der Waals surface area contributed by atoms with Gasteiger partial charge in [0.05, 0.1) is 23.5 Å². The number of hydrogen-bond donors (Lipinski definition) is 1. The SMILES string of the molecule is CCOc1ccncc1N(C)c1c(Cl)ccc2c1CCNCC2. The number of benzene rings is 1. The molecule has 0 radical (unpaired) electrons. The Morgan fingerprint density at radius 3 is 2.91 bits per heavy atom. The van der Waals surface area contributed by atoms with Gasteiger partial charge in [-0.25, -0.2) is 0 Å². The van der Waals surface area contributed by atoms with Crippen LogP contribution in [0.15, 0.2) is 30.6 Å². The smallest absolute Gasteiger partial charge is 0.146 e. The van der Waals surface area contributed by atoms with E-state index >= 15 is 0 Å². The van der Waals surface area contributed by atoms with Crippen molar-refractivity contribution in [3.63, 3.8) is 0 Å². The number of aromatic nitrogens is 1. The second-order valence-corrected chi connectivity index (χ2v) is 6.03. The van der Waals surface area contributed by atoms with Gasteiger partial charge in [-0.05, 0) is 50.0 Å². The summed E-state index contributed by atoms with van der Waals surface area (Å²) in [6, 6.07) is 6.04. The van der Waals surface area contributed by atoms with Crippen LogP contribution < -0.4 is 15.0 Å². The molecule has 3 rings (SSSR count). The van der Waals surface area contributed by atoms with Gasteiger partial charge < -0.3 is 15.0 Å². The number of hydrogen-bond acceptors (Lipinski definition) is 4. The highest BCUT2D eigenvalue weighted by molar-refractivity contribution is 6.33. The van der Waals surface area contributed by atoms with Gasteiger partial charge in [-0.3, -0.25) is 4.98 Å². The minimum Gasteiger partial charge on any atom is -0.492 e. The third kappa shape index (κ3) is 3.28. The van der Waals surface area contributed by atoms with E-state index in [1.807, 2.05) is 32.3 Å². The predicted molar refractivity (Wildman–Crippen MR) is 95.2 cm³/mol. The van der Waals surface area contributed by atoms with Crippen molar-refractivity contribution in [1.82, 2.24) is 10.3 Å². The fraction of sp³-hybridized carbons (Fsp3) is 0.389. The first-order chi connectivity index (χ1) is 11.2. The van der Waals surface area contributed by atoms with Crippen molar-refractivity contribution in [3.8, 4) is 5.75 Å². The van der Waals surface area contributed by atoms with Gasteiger partial charge in [-0.1, -0.05) is 17.7 Å². The summed E-state index contributed by atoms with van der Waals surface area (Å²) in [6.45, 7) is 4.58. The highest BCUT2D eigenvalue weighted by Gasteiger charge is 2.20. The lowest BCUT2D eigenvalue weighted by molar-refractivity contribution is 0.341. The molecule has 2 heterocycles. The van der Waals surface area contributed by atoms with Gasteiger partial charge in [0.15, 0.2) is 0 Å². The highest BCUT2D eigenvalue weighted by Crippen LogP contribution is 2.39. The lowest BCUT2D eigenvalue weighted by atomic mass is 10.00. The van der Waals surface area contributed by atoms with Crippen LogP contribution in [-0.4, -0.2) is 31.7 Å². The van der Waals surface area contributed by atoms with Crippen molar-refractivity contribution in [2.24, 2.45) is 0 Å². The average molecular weight is 332 g/mol. The summed E-state index contributed by atoms with van der Waals surface area (Å²) in [5, 5.41) is 4.22. The van der Waals surface area contributed by atoms with Gasteiger partial charge in [0.1, 0.15) is 11.4 Å². The van der Waals surface area contributed by atoms with E-state index in [0.29, 0.717) is 6.61 Å². The molecule has 0 bridgehead atoms. The lowest BCUT2D eigenvalue weighted by Crippen LogP contribution is -2.17. The van der Waals surface area contributed by atoms with Crippen LogP contribution in [0.4, 0.5) is 11.4 Å². The molecule has 1 aromatic heterocycles. The predicted octanol–water partition coefficient (Wildman–Crippen LogP) is 3.59. The Morgan fingerprint density at radius 2 is 2.09 bits per heavy atom. The molecule has 0 fully saturated rings. The molecule has 0 atom stereocenters. The molecule has 0 unspecified atom stereocenters. The van der Waals surface area contributed by atoms with Crippen LogP contribution in [0.2, 0.25) is 5.02 Å². The first-order valence-electron chi connectivity index (χ1n) is 8.04. The standard InChI is InChI=1S/C18H22ClN3O/c1-3-23-17-8-11-21-12-16(17)22(2)18-14-7-10-20-9-6-13(14)4-5-15(18)19/h4-5,8,11-12,20H,3,6-7,9-10H2,1-2H3. The quantitative estimate of drug-likeness (QED) is 0.929. The van der Waals surface area contributed by atoms with Crippen LogP contribution in [0, 0.1) is 0 Å². The van der Waals surface area contributed by atoms with Crippen molar-refractivity contribution >= 4 is 23.0 Å². The van der Waals surface area contributed by atoms with Crippen LogP contribution >= 0.6 is 11.6 Å². The summed E-state index contributed by atoms with van der Waals surface area (Å²) in [4.78, 5) is 6.36. The highest BCUT2D eigenvalue weighted by atomic mass is 35.5. The van der Waals surface area contributed by atoms with Crippen LogP contribution in [-0.2, 0) is 12.8 Å². The zero-order valence-electron chi connectivity index (χ0n) is 13.6. The van der Waals surface area contributed by atoms with E-state index in [1.54, 1.807) is 6.20 Å². The molecule has 4 nitrogen and oxygen atoms in total. The zero-order chi connectivity index (χ0) is 16.2. The molecular weight excluding hydrogens is 310 g/mol. The summed E-state index contributed by atoms with van der Waals surface area (Å²) in [7, 11) is 2.03. The molecule has 1 aliphatic heterocycles. The number of rotatable bonds is 4. The van der Waals surface area contributed by atoms with Crippen LogP contribution in [0.5, 0.6) is 5.75 Å². The molecule has 1 N–H and O–H groups in total. The third-order valence-corrected chi connectivity index (χ3v) is 4.52. The fourth-order valence-electron chi connectivity index (χ4n) is 3.11.